The summed E-state index contributed by atoms with van der Waals surface area (Å²) in [4.78, 5) is 4.44. The predicted octanol–water partition coefficient (Wildman–Crippen LogP) is 4.61. The van der Waals surface area contributed by atoms with Crippen molar-refractivity contribution in [2.75, 3.05) is 18.5 Å². The van der Waals surface area contributed by atoms with E-state index in [1.165, 1.54) is 13.0 Å². The van der Waals surface area contributed by atoms with Crippen LogP contribution in [0.1, 0.15) is 35.3 Å². The van der Waals surface area contributed by atoms with Crippen molar-refractivity contribution in [2.24, 2.45) is 0 Å². The summed E-state index contributed by atoms with van der Waals surface area (Å²) in [6.07, 6.45) is -2.79. The van der Waals surface area contributed by atoms with E-state index in [1.54, 1.807) is 26.1 Å². The van der Waals surface area contributed by atoms with Crippen molar-refractivity contribution in [3.8, 4) is 5.75 Å². The van der Waals surface area contributed by atoms with Crippen molar-refractivity contribution in [1.29, 1.82) is 0 Å². The highest BCUT2D eigenvalue weighted by Crippen LogP contribution is 2.35. The summed E-state index contributed by atoms with van der Waals surface area (Å²) in [5.41, 5.74) is 1.37. The van der Waals surface area contributed by atoms with Gasteiger partial charge < -0.3 is 14.8 Å². The third kappa shape index (κ3) is 3.89. The van der Waals surface area contributed by atoms with Gasteiger partial charge in [0.1, 0.15) is 11.9 Å². The second kappa shape index (κ2) is 7.71. The molecule has 1 aliphatic heterocycles. The summed E-state index contributed by atoms with van der Waals surface area (Å²) in [6, 6.07) is 5.56. The van der Waals surface area contributed by atoms with Crippen LogP contribution in [0.4, 0.5) is 19.0 Å². The zero-order valence-corrected chi connectivity index (χ0v) is 16.7. The van der Waals surface area contributed by atoms with Crippen molar-refractivity contribution in [3.05, 3.63) is 52.8 Å². The molecule has 1 fully saturated rings. The maximum atomic E-state index is 13.3. The largest absolute Gasteiger partial charge is 0.484 e. The van der Waals surface area contributed by atoms with Crippen molar-refractivity contribution >= 4 is 16.7 Å². The summed E-state index contributed by atoms with van der Waals surface area (Å²) in [5.74, 6) is 1.01. The molecule has 3 aromatic rings. The molecule has 1 atom stereocenters. The van der Waals surface area contributed by atoms with Gasteiger partial charge in [0.15, 0.2) is 5.82 Å². The van der Waals surface area contributed by atoms with Crippen LogP contribution in [-0.4, -0.2) is 34.5 Å². The van der Waals surface area contributed by atoms with Gasteiger partial charge in [-0.15, -0.1) is 5.10 Å². The molecule has 2 aromatic heterocycles. The van der Waals surface area contributed by atoms with E-state index in [0.717, 1.165) is 6.07 Å². The van der Waals surface area contributed by atoms with Crippen LogP contribution < -0.4 is 10.1 Å². The smallest absolute Gasteiger partial charge is 0.416 e. The number of aryl methyl sites for hydroxylation is 1. The molecule has 1 aliphatic rings. The molecule has 0 bridgehead atoms. The normalized spacial score (nSPS) is 15.7. The lowest BCUT2D eigenvalue weighted by Gasteiger charge is -2.26. The average molecular weight is 418 g/mol. The number of anilines is 1. The molecule has 9 heteroatoms. The summed E-state index contributed by atoms with van der Waals surface area (Å²) < 4.78 is 50.8. The maximum absolute atomic E-state index is 13.3. The second-order valence-corrected chi connectivity index (χ2v) is 7.36. The van der Waals surface area contributed by atoms with Crippen LogP contribution in [0.15, 0.2) is 30.5 Å². The molecule has 158 valence electrons. The van der Waals surface area contributed by atoms with E-state index >= 15 is 0 Å². The van der Waals surface area contributed by atoms with Crippen molar-refractivity contribution in [3.63, 3.8) is 0 Å². The van der Waals surface area contributed by atoms with E-state index in [9.17, 15) is 13.2 Å². The first-order valence-electron chi connectivity index (χ1n) is 9.54. The Bertz CT molecular complexity index is 1080. The maximum Gasteiger partial charge on any atom is 0.416 e. The predicted molar refractivity (Wildman–Crippen MR) is 106 cm³/mol. The SMILES string of the molecule is Cc1c([C@@H](C)Nc2nnc(C)c3ncc(OC4COC4)cc23)cccc1C(F)(F)F. The Balaban J connectivity index is 1.68. The highest BCUT2D eigenvalue weighted by Gasteiger charge is 2.33. The zero-order chi connectivity index (χ0) is 21.5. The molecule has 0 radical (unpaired) electrons. The van der Waals surface area contributed by atoms with Gasteiger partial charge in [-0.3, -0.25) is 4.98 Å². The van der Waals surface area contributed by atoms with Crippen molar-refractivity contribution in [1.82, 2.24) is 15.2 Å². The van der Waals surface area contributed by atoms with Gasteiger partial charge in [-0.25, -0.2) is 0 Å². The molecule has 1 aromatic carbocycles. The number of hydrogen-bond donors (Lipinski definition) is 1. The molecule has 4 rings (SSSR count). The van der Waals surface area contributed by atoms with Crippen LogP contribution in [-0.2, 0) is 10.9 Å². The molecule has 0 saturated carbocycles. The van der Waals surface area contributed by atoms with Gasteiger partial charge in [-0.05, 0) is 44.0 Å². The third-order valence-electron chi connectivity index (χ3n) is 5.17. The lowest BCUT2D eigenvalue weighted by molar-refractivity contribution is -0.138. The molecule has 30 heavy (non-hydrogen) atoms. The van der Waals surface area contributed by atoms with Gasteiger partial charge in [-0.1, -0.05) is 12.1 Å². The number of pyridine rings is 1. The topological polar surface area (TPSA) is 69.2 Å². The number of ether oxygens (including phenoxy) is 2. The Morgan fingerprint density at radius 1 is 1.20 bits per heavy atom. The van der Waals surface area contributed by atoms with Gasteiger partial charge in [0.25, 0.3) is 0 Å². The van der Waals surface area contributed by atoms with Crippen molar-refractivity contribution < 1.29 is 22.6 Å². The fourth-order valence-electron chi connectivity index (χ4n) is 3.50. The van der Waals surface area contributed by atoms with E-state index < -0.39 is 17.8 Å². The van der Waals surface area contributed by atoms with Gasteiger partial charge in [-0.2, -0.15) is 18.3 Å². The molecule has 3 heterocycles. The van der Waals surface area contributed by atoms with Crippen LogP contribution in [0, 0.1) is 13.8 Å². The van der Waals surface area contributed by atoms with Gasteiger partial charge >= 0.3 is 6.18 Å². The summed E-state index contributed by atoms with van der Waals surface area (Å²) in [7, 11) is 0. The summed E-state index contributed by atoms with van der Waals surface area (Å²) in [5, 5.41) is 12.2. The molecule has 0 amide bonds. The Labute approximate surface area is 171 Å². The number of rotatable bonds is 5. The molecule has 1 N–H and O–H groups in total. The molecular formula is C21H21F3N4O2. The van der Waals surface area contributed by atoms with Crippen LogP contribution >= 0.6 is 0 Å². The average Bonchev–Trinajstić information content (AvgIpc) is 2.66. The van der Waals surface area contributed by atoms with Gasteiger partial charge in [0.2, 0.25) is 0 Å². The number of alkyl halides is 3. The number of nitrogens with zero attached hydrogens (tertiary/aromatic N) is 3. The highest BCUT2D eigenvalue weighted by molar-refractivity contribution is 5.91. The lowest BCUT2D eigenvalue weighted by Crippen LogP contribution is -2.38. The monoisotopic (exact) mass is 418 g/mol. The van der Waals surface area contributed by atoms with Gasteiger partial charge in [0.05, 0.1) is 47.6 Å². The van der Waals surface area contributed by atoms with E-state index in [-0.39, 0.29) is 11.7 Å². The highest BCUT2D eigenvalue weighted by atomic mass is 19.4. The lowest BCUT2D eigenvalue weighted by atomic mass is 9.97. The number of fused-ring (bicyclic) bond motifs is 1. The first-order chi connectivity index (χ1) is 14.2. The van der Waals surface area contributed by atoms with Crippen LogP contribution in [0.2, 0.25) is 0 Å². The molecule has 0 aliphatic carbocycles. The summed E-state index contributed by atoms with van der Waals surface area (Å²) >= 11 is 0. The van der Waals surface area contributed by atoms with Gasteiger partial charge in [0, 0.05) is 0 Å². The fourth-order valence-corrected chi connectivity index (χ4v) is 3.50. The number of aromatic nitrogens is 3. The minimum absolute atomic E-state index is 0.0109. The quantitative estimate of drug-likeness (QED) is 0.653. The number of nitrogens with one attached hydrogen (secondary N) is 1. The molecule has 0 spiro atoms. The van der Waals surface area contributed by atoms with Crippen LogP contribution in [0.5, 0.6) is 5.75 Å². The van der Waals surface area contributed by atoms with E-state index in [1.807, 2.05) is 6.07 Å². The first-order valence-corrected chi connectivity index (χ1v) is 9.54. The minimum Gasteiger partial charge on any atom is -0.484 e. The molecule has 6 nitrogen and oxygen atoms in total. The Hall–Kier alpha value is -2.94. The van der Waals surface area contributed by atoms with Crippen LogP contribution in [0.3, 0.4) is 0 Å². The second-order valence-electron chi connectivity index (χ2n) is 7.36. The zero-order valence-electron chi connectivity index (χ0n) is 16.7. The minimum atomic E-state index is -4.41. The fraction of sp³-hybridized carbons (Fsp3) is 0.381. The number of halogens is 3. The third-order valence-corrected chi connectivity index (χ3v) is 5.17. The summed E-state index contributed by atoms with van der Waals surface area (Å²) in [6.45, 7) is 6.12. The van der Waals surface area contributed by atoms with Crippen molar-refractivity contribution in [2.45, 2.75) is 39.1 Å². The number of benzene rings is 1. The Kier molecular flexibility index (Phi) is 5.23. The molecular weight excluding hydrogens is 397 g/mol. The molecule has 0 unspecified atom stereocenters. The van der Waals surface area contributed by atoms with E-state index in [2.05, 4.69) is 20.5 Å². The standard InChI is InChI=1S/C21H21F3N4O2/c1-11-16(5-4-6-18(11)21(22,23)24)12(2)26-20-17-7-14(30-15-9-29-10-15)8-25-19(17)13(3)27-28-20/h4-8,12,15H,9-10H2,1-3H3,(H,26,28)/t12-/m1/s1. The van der Waals surface area contributed by atoms with Crippen LogP contribution in [0.25, 0.3) is 10.9 Å². The first kappa shape index (κ1) is 20.3. The molecule has 1 saturated heterocycles. The Morgan fingerprint density at radius 2 is 1.97 bits per heavy atom. The Morgan fingerprint density at radius 3 is 2.63 bits per heavy atom. The van der Waals surface area contributed by atoms with E-state index in [4.69, 9.17) is 9.47 Å². The number of hydrogen-bond acceptors (Lipinski definition) is 6. The van der Waals surface area contributed by atoms with E-state index in [0.29, 0.717) is 46.9 Å².